The molecule has 2 rings (SSSR count). The standard InChI is InChI=1S/C12H12O3/c1-7(13)12-8(2)15-11-6-9(14-3)4-5-10(11)12/h4-6H,1-3H3. The second kappa shape index (κ2) is 3.42. The van der Waals surface area contributed by atoms with Crippen molar-refractivity contribution in [2.45, 2.75) is 13.8 Å². The Balaban J connectivity index is 2.74. The summed E-state index contributed by atoms with van der Waals surface area (Å²) in [6.07, 6.45) is 0. The van der Waals surface area contributed by atoms with Gasteiger partial charge in [-0.3, -0.25) is 4.79 Å². The monoisotopic (exact) mass is 204 g/mol. The van der Waals surface area contributed by atoms with Gasteiger partial charge in [0, 0.05) is 11.5 Å². The van der Waals surface area contributed by atoms with E-state index >= 15 is 0 Å². The number of ether oxygens (including phenoxy) is 1. The van der Waals surface area contributed by atoms with E-state index in [-0.39, 0.29) is 5.78 Å². The average molecular weight is 204 g/mol. The number of methoxy groups -OCH3 is 1. The van der Waals surface area contributed by atoms with Gasteiger partial charge in [-0.1, -0.05) is 0 Å². The summed E-state index contributed by atoms with van der Waals surface area (Å²) in [6, 6.07) is 5.46. The van der Waals surface area contributed by atoms with Crippen LogP contribution in [0.15, 0.2) is 22.6 Å². The lowest BCUT2D eigenvalue weighted by Crippen LogP contribution is -1.92. The highest BCUT2D eigenvalue weighted by atomic mass is 16.5. The van der Waals surface area contributed by atoms with Crippen molar-refractivity contribution in [2.75, 3.05) is 7.11 Å². The van der Waals surface area contributed by atoms with Gasteiger partial charge in [0.15, 0.2) is 5.78 Å². The number of carbonyl (C=O) groups excluding carboxylic acids is 1. The molecule has 2 aromatic rings. The van der Waals surface area contributed by atoms with E-state index in [4.69, 9.17) is 9.15 Å². The minimum atomic E-state index is 0.0245. The Kier molecular flexibility index (Phi) is 2.23. The minimum Gasteiger partial charge on any atom is -0.497 e. The molecule has 0 atom stereocenters. The quantitative estimate of drug-likeness (QED) is 0.706. The summed E-state index contributed by atoms with van der Waals surface area (Å²) in [5.74, 6) is 1.41. The van der Waals surface area contributed by atoms with E-state index in [9.17, 15) is 4.79 Å². The summed E-state index contributed by atoms with van der Waals surface area (Å²) in [5, 5.41) is 0.848. The molecular weight excluding hydrogens is 192 g/mol. The molecule has 0 spiro atoms. The van der Waals surface area contributed by atoms with Crippen molar-refractivity contribution in [3.8, 4) is 5.75 Å². The highest BCUT2D eigenvalue weighted by Gasteiger charge is 2.14. The maximum atomic E-state index is 11.4. The largest absolute Gasteiger partial charge is 0.497 e. The smallest absolute Gasteiger partial charge is 0.163 e. The van der Waals surface area contributed by atoms with Crippen LogP contribution in [0.1, 0.15) is 23.0 Å². The zero-order valence-electron chi connectivity index (χ0n) is 8.96. The summed E-state index contributed by atoms with van der Waals surface area (Å²) in [6.45, 7) is 3.34. The van der Waals surface area contributed by atoms with E-state index in [1.165, 1.54) is 0 Å². The van der Waals surface area contributed by atoms with Gasteiger partial charge in [0.25, 0.3) is 0 Å². The molecule has 0 bridgehead atoms. The molecule has 1 heterocycles. The SMILES string of the molecule is COc1ccc2c(C(C)=O)c(C)oc2c1. The van der Waals surface area contributed by atoms with Crippen LogP contribution in [-0.2, 0) is 0 Å². The third-order valence-electron chi connectivity index (χ3n) is 2.43. The van der Waals surface area contributed by atoms with Crippen LogP contribution in [0.25, 0.3) is 11.0 Å². The number of benzene rings is 1. The molecule has 0 unspecified atom stereocenters. The summed E-state index contributed by atoms with van der Waals surface area (Å²) in [4.78, 5) is 11.4. The summed E-state index contributed by atoms with van der Waals surface area (Å²) in [7, 11) is 1.60. The predicted octanol–water partition coefficient (Wildman–Crippen LogP) is 2.95. The number of fused-ring (bicyclic) bond motifs is 1. The lowest BCUT2D eigenvalue weighted by Gasteiger charge is -1.97. The Morgan fingerprint density at radius 3 is 2.73 bits per heavy atom. The van der Waals surface area contributed by atoms with E-state index in [1.54, 1.807) is 27.0 Å². The number of carbonyl (C=O) groups is 1. The third-order valence-corrected chi connectivity index (χ3v) is 2.43. The fourth-order valence-corrected chi connectivity index (χ4v) is 1.76. The van der Waals surface area contributed by atoms with Gasteiger partial charge in [0.05, 0.1) is 12.7 Å². The van der Waals surface area contributed by atoms with Gasteiger partial charge in [-0.05, 0) is 26.0 Å². The normalized spacial score (nSPS) is 10.6. The second-order valence-corrected chi connectivity index (χ2v) is 3.45. The Morgan fingerprint density at radius 2 is 2.13 bits per heavy atom. The van der Waals surface area contributed by atoms with Crippen molar-refractivity contribution in [1.29, 1.82) is 0 Å². The fourth-order valence-electron chi connectivity index (χ4n) is 1.76. The summed E-state index contributed by atoms with van der Waals surface area (Å²) < 4.78 is 10.6. The Morgan fingerprint density at radius 1 is 1.40 bits per heavy atom. The molecule has 0 aliphatic carbocycles. The number of Topliss-reactive ketones (excluding diaryl/α,β-unsaturated/α-hetero) is 1. The van der Waals surface area contributed by atoms with Crippen molar-refractivity contribution in [2.24, 2.45) is 0 Å². The van der Waals surface area contributed by atoms with Crippen molar-refractivity contribution in [3.05, 3.63) is 29.5 Å². The molecular formula is C12H12O3. The van der Waals surface area contributed by atoms with Gasteiger partial charge < -0.3 is 9.15 Å². The molecule has 0 aliphatic rings. The van der Waals surface area contributed by atoms with Crippen LogP contribution in [0, 0.1) is 6.92 Å². The van der Waals surface area contributed by atoms with Crippen LogP contribution < -0.4 is 4.74 Å². The fraction of sp³-hybridized carbons (Fsp3) is 0.250. The molecule has 0 radical (unpaired) electrons. The Labute approximate surface area is 87.6 Å². The van der Waals surface area contributed by atoms with Gasteiger partial charge in [-0.25, -0.2) is 0 Å². The lowest BCUT2D eigenvalue weighted by atomic mass is 10.1. The number of hydrogen-bond acceptors (Lipinski definition) is 3. The first kappa shape index (κ1) is 9.77. The van der Waals surface area contributed by atoms with Crippen LogP contribution in [0.4, 0.5) is 0 Å². The molecule has 15 heavy (non-hydrogen) atoms. The molecule has 3 nitrogen and oxygen atoms in total. The first-order valence-electron chi connectivity index (χ1n) is 4.71. The topological polar surface area (TPSA) is 39.4 Å². The second-order valence-electron chi connectivity index (χ2n) is 3.45. The van der Waals surface area contributed by atoms with Crippen LogP contribution in [0.5, 0.6) is 5.75 Å². The number of ketones is 1. The van der Waals surface area contributed by atoms with Gasteiger partial charge in [0.2, 0.25) is 0 Å². The highest BCUT2D eigenvalue weighted by Crippen LogP contribution is 2.28. The maximum Gasteiger partial charge on any atom is 0.163 e. The zero-order valence-corrected chi connectivity index (χ0v) is 8.96. The van der Waals surface area contributed by atoms with E-state index in [2.05, 4.69) is 0 Å². The molecule has 0 aliphatic heterocycles. The van der Waals surface area contributed by atoms with Gasteiger partial charge in [-0.15, -0.1) is 0 Å². The van der Waals surface area contributed by atoms with Crippen molar-refractivity contribution in [1.82, 2.24) is 0 Å². The van der Waals surface area contributed by atoms with Crippen molar-refractivity contribution in [3.63, 3.8) is 0 Å². The molecule has 78 valence electrons. The first-order chi connectivity index (χ1) is 7.13. The van der Waals surface area contributed by atoms with Gasteiger partial charge >= 0.3 is 0 Å². The van der Waals surface area contributed by atoms with Crippen molar-refractivity contribution < 1.29 is 13.9 Å². The van der Waals surface area contributed by atoms with Crippen LogP contribution in [-0.4, -0.2) is 12.9 Å². The number of hydrogen-bond donors (Lipinski definition) is 0. The predicted molar refractivity (Wildman–Crippen MR) is 57.5 cm³/mol. The molecule has 0 amide bonds. The number of aryl methyl sites for hydroxylation is 1. The molecule has 1 aromatic carbocycles. The zero-order chi connectivity index (χ0) is 11.0. The van der Waals surface area contributed by atoms with Crippen LogP contribution in [0.2, 0.25) is 0 Å². The van der Waals surface area contributed by atoms with E-state index in [1.807, 2.05) is 12.1 Å². The van der Waals surface area contributed by atoms with E-state index < -0.39 is 0 Å². The van der Waals surface area contributed by atoms with E-state index in [0.29, 0.717) is 16.9 Å². The van der Waals surface area contributed by atoms with Gasteiger partial charge in [0.1, 0.15) is 17.1 Å². The molecule has 1 aromatic heterocycles. The number of rotatable bonds is 2. The Bertz CT molecular complexity index is 523. The molecule has 0 fully saturated rings. The van der Waals surface area contributed by atoms with E-state index in [0.717, 1.165) is 11.1 Å². The minimum absolute atomic E-state index is 0.0245. The third kappa shape index (κ3) is 1.50. The van der Waals surface area contributed by atoms with Crippen LogP contribution in [0.3, 0.4) is 0 Å². The van der Waals surface area contributed by atoms with Crippen LogP contribution >= 0.6 is 0 Å². The molecule has 3 heteroatoms. The summed E-state index contributed by atoms with van der Waals surface area (Å²) >= 11 is 0. The lowest BCUT2D eigenvalue weighted by molar-refractivity contribution is 0.101. The summed E-state index contributed by atoms with van der Waals surface area (Å²) in [5.41, 5.74) is 1.35. The molecule has 0 saturated carbocycles. The Hall–Kier alpha value is -1.77. The first-order valence-corrected chi connectivity index (χ1v) is 4.71. The molecule has 0 N–H and O–H groups in total. The maximum absolute atomic E-state index is 11.4. The van der Waals surface area contributed by atoms with Crippen molar-refractivity contribution >= 4 is 16.8 Å². The van der Waals surface area contributed by atoms with Gasteiger partial charge in [-0.2, -0.15) is 0 Å². The molecule has 0 saturated heterocycles. The highest BCUT2D eigenvalue weighted by molar-refractivity contribution is 6.07. The average Bonchev–Trinajstić information content (AvgIpc) is 2.52. The number of furan rings is 1.